The second-order valence-electron chi connectivity index (χ2n) is 4.02. The van der Waals surface area contributed by atoms with Crippen molar-refractivity contribution in [2.75, 3.05) is 25.6 Å². The number of methoxy groups -OCH3 is 1. The highest BCUT2D eigenvalue weighted by Crippen LogP contribution is 2.31. The molecule has 0 unspecified atom stereocenters. The summed E-state index contributed by atoms with van der Waals surface area (Å²) in [5.41, 5.74) is 0.779. The first-order valence-corrected chi connectivity index (χ1v) is 6.84. The molecule has 0 amide bonds. The van der Waals surface area contributed by atoms with Gasteiger partial charge in [-0.15, -0.1) is 13.2 Å². The van der Waals surface area contributed by atoms with Crippen LogP contribution in [0.3, 0.4) is 0 Å². The van der Waals surface area contributed by atoms with E-state index in [0.717, 1.165) is 15.6 Å². The summed E-state index contributed by atoms with van der Waals surface area (Å²) in [5.74, 6) is -0.241. The van der Waals surface area contributed by atoms with Crippen LogP contribution < -0.4 is 10.1 Å². The van der Waals surface area contributed by atoms with Crippen LogP contribution in [-0.4, -0.2) is 31.6 Å². The first kappa shape index (κ1) is 15.6. The van der Waals surface area contributed by atoms with Gasteiger partial charge in [0.15, 0.2) is 5.13 Å². The molecule has 2 aromatic rings. The molecule has 0 aliphatic heterocycles. The molecule has 0 saturated carbocycles. The Morgan fingerprint density at radius 1 is 1.24 bits per heavy atom. The molecular weight excluding hydrogens is 305 g/mol. The quantitative estimate of drug-likeness (QED) is 0.824. The second-order valence-corrected chi connectivity index (χ2v) is 5.05. The Morgan fingerprint density at radius 3 is 2.57 bits per heavy atom. The molecule has 1 heterocycles. The summed E-state index contributed by atoms with van der Waals surface area (Å²) in [6, 6.07) is 5.68. The third kappa shape index (κ3) is 4.91. The molecule has 8 heteroatoms. The number of benzene rings is 1. The van der Waals surface area contributed by atoms with E-state index >= 15 is 0 Å². The highest BCUT2D eigenvalue weighted by Gasteiger charge is 2.30. The molecule has 4 nitrogen and oxygen atoms in total. The molecule has 1 aromatic carbocycles. The fourth-order valence-electron chi connectivity index (χ4n) is 1.57. The number of rotatable bonds is 6. The van der Waals surface area contributed by atoms with E-state index in [4.69, 9.17) is 4.74 Å². The lowest BCUT2D eigenvalue weighted by atomic mass is 10.2. The van der Waals surface area contributed by atoms with E-state index in [1.54, 1.807) is 25.4 Å². The number of anilines is 1. The maximum absolute atomic E-state index is 12.1. The van der Waals surface area contributed by atoms with Crippen LogP contribution in [0.25, 0.3) is 10.4 Å². The van der Waals surface area contributed by atoms with E-state index in [9.17, 15) is 13.2 Å². The number of hydrogen-bond donors (Lipinski definition) is 1. The molecular formula is C13H13F3N2O2S. The van der Waals surface area contributed by atoms with Crippen molar-refractivity contribution in [1.29, 1.82) is 0 Å². The molecule has 0 aliphatic carbocycles. The summed E-state index contributed by atoms with van der Waals surface area (Å²) >= 11 is 1.41. The van der Waals surface area contributed by atoms with Crippen molar-refractivity contribution < 1.29 is 22.6 Å². The standard InChI is InChI=1S/C13H13F3N2O2S/c1-19-7-6-17-12-18-8-11(21-12)9-2-4-10(5-3-9)20-13(14,15)16/h2-5,8H,6-7H2,1H3,(H,17,18). The predicted molar refractivity (Wildman–Crippen MR) is 74.6 cm³/mol. The molecule has 0 fully saturated rings. The van der Waals surface area contributed by atoms with Gasteiger partial charge >= 0.3 is 6.36 Å². The fourth-order valence-corrected chi connectivity index (χ4v) is 2.42. The second kappa shape index (κ2) is 6.77. The van der Waals surface area contributed by atoms with Crippen molar-refractivity contribution in [2.45, 2.75) is 6.36 Å². The zero-order valence-electron chi connectivity index (χ0n) is 11.1. The summed E-state index contributed by atoms with van der Waals surface area (Å²) in [6.07, 6.45) is -3.01. The van der Waals surface area contributed by atoms with Crippen molar-refractivity contribution in [2.24, 2.45) is 0 Å². The van der Waals surface area contributed by atoms with E-state index in [2.05, 4.69) is 15.0 Å². The van der Waals surface area contributed by atoms with Crippen LogP contribution in [0.5, 0.6) is 5.75 Å². The highest BCUT2D eigenvalue weighted by molar-refractivity contribution is 7.18. The van der Waals surface area contributed by atoms with Gasteiger partial charge in [0, 0.05) is 19.9 Å². The van der Waals surface area contributed by atoms with Crippen LogP contribution in [0, 0.1) is 0 Å². The van der Waals surface area contributed by atoms with Gasteiger partial charge in [-0.3, -0.25) is 0 Å². The number of aromatic nitrogens is 1. The highest BCUT2D eigenvalue weighted by atomic mass is 32.1. The third-order valence-corrected chi connectivity index (χ3v) is 3.46. The lowest BCUT2D eigenvalue weighted by Crippen LogP contribution is -2.16. The number of nitrogens with one attached hydrogen (secondary N) is 1. The number of alkyl halides is 3. The Labute approximate surface area is 123 Å². The lowest BCUT2D eigenvalue weighted by molar-refractivity contribution is -0.274. The maximum Gasteiger partial charge on any atom is 0.573 e. The Morgan fingerprint density at radius 2 is 1.95 bits per heavy atom. The fraction of sp³-hybridized carbons (Fsp3) is 0.308. The third-order valence-electron chi connectivity index (χ3n) is 2.46. The van der Waals surface area contributed by atoms with E-state index in [1.807, 2.05) is 0 Å². The Kier molecular flexibility index (Phi) is 5.03. The minimum absolute atomic E-state index is 0.241. The minimum Gasteiger partial charge on any atom is -0.406 e. The number of ether oxygens (including phenoxy) is 2. The topological polar surface area (TPSA) is 43.4 Å². The van der Waals surface area contributed by atoms with Crippen molar-refractivity contribution in [3.05, 3.63) is 30.5 Å². The van der Waals surface area contributed by atoms with Gasteiger partial charge in [-0.1, -0.05) is 11.3 Å². The van der Waals surface area contributed by atoms with Gasteiger partial charge in [-0.25, -0.2) is 4.98 Å². The summed E-state index contributed by atoms with van der Waals surface area (Å²) in [4.78, 5) is 5.04. The average molecular weight is 318 g/mol. The van der Waals surface area contributed by atoms with E-state index in [-0.39, 0.29) is 5.75 Å². The van der Waals surface area contributed by atoms with Gasteiger partial charge in [0.05, 0.1) is 11.5 Å². The van der Waals surface area contributed by atoms with Gasteiger partial charge < -0.3 is 14.8 Å². The first-order valence-electron chi connectivity index (χ1n) is 6.03. The molecule has 0 saturated heterocycles. The summed E-state index contributed by atoms with van der Waals surface area (Å²) in [7, 11) is 1.61. The molecule has 0 radical (unpaired) electrons. The van der Waals surface area contributed by atoms with Gasteiger partial charge in [-0.2, -0.15) is 0 Å². The molecule has 0 spiro atoms. The van der Waals surface area contributed by atoms with Crippen LogP contribution in [0.1, 0.15) is 0 Å². The normalized spacial score (nSPS) is 11.4. The molecule has 1 N–H and O–H groups in total. The Hall–Kier alpha value is -1.80. The van der Waals surface area contributed by atoms with Crippen LogP contribution in [0.4, 0.5) is 18.3 Å². The van der Waals surface area contributed by atoms with Crippen LogP contribution in [-0.2, 0) is 4.74 Å². The number of halogens is 3. The zero-order chi connectivity index (χ0) is 15.3. The number of thiazole rings is 1. The SMILES string of the molecule is COCCNc1ncc(-c2ccc(OC(F)(F)F)cc2)s1. The van der Waals surface area contributed by atoms with Gasteiger partial charge in [0.25, 0.3) is 0 Å². The van der Waals surface area contributed by atoms with Crippen LogP contribution >= 0.6 is 11.3 Å². The largest absolute Gasteiger partial charge is 0.573 e. The molecule has 0 aliphatic rings. The predicted octanol–water partition coefficient (Wildman–Crippen LogP) is 3.77. The maximum atomic E-state index is 12.1. The van der Waals surface area contributed by atoms with Crippen molar-refractivity contribution in [1.82, 2.24) is 4.98 Å². The lowest BCUT2D eigenvalue weighted by Gasteiger charge is -2.08. The van der Waals surface area contributed by atoms with E-state index < -0.39 is 6.36 Å². The average Bonchev–Trinajstić information content (AvgIpc) is 2.87. The summed E-state index contributed by atoms with van der Waals surface area (Å²) in [5, 5.41) is 3.82. The van der Waals surface area contributed by atoms with Crippen LogP contribution in [0.2, 0.25) is 0 Å². The zero-order valence-corrected chi connectivity index (χ0v) is 11.9. The molecule has 0 atom stereocenters. The van der Waals surface area contributed by atoms with E-state index in [0.29, 0.717) is 13.2 Å². The summed E-state index contributed by atoms with van der Waals surface area (Å²) < 4.78 is 44.9. The summed E-state index contributed by atoms with van der Waals surface area (Å²) in [6.45, 7) is 1.21. The van der Waals surface area contributed by atoms with Gasteiger partial charge in [0.1, 0.15) is 5.75 Å². The number of nitrogens with zero attached hydrogens (tertiary/aromatic N) is 1. The minimum atomic E-state index is -4.68. The first-order chi connectivity index (χ1) is 9.98. The Balaban J connectivity index is 2.02. The monoisotopic (exact) mass is 318 g/mol. The van der Waals surface area contributed by atoms with Crippen molar-refractivity contribution >= 4 is 16.5 Å². The van der Waals surface area contributed by atoms with Crippen LogP contribution in [0.15, 0.2) is 30.5 Å². The van der Waals surface area contributed by atoms with Gasteiger partial charge in [0.2, 0.25) is 0 Å². The molecule has 2 rings (SSSR count). The van der Waals surface area contributed by atoms with E-state index in [1.165, 1.54) is 23.5 Å². The molecule has 21 heavy (non-hydrogen) atoms. The molecule has 114 valence electrons. The van der Waals surface area contributed by atoms with Crippen molar-refractivity contribution in [3.8, 4) is 16.2 Å². The smallest absolute Gasteiger partial charge is 0.406 e. The number of hydrogen-bond acceptors (Lipinski definition) is 5. The molecule has 0 bridgehead atoms. The Bertz CT molecular complexity index is 570. The van der Waals surface area contributed by atoms with Gasteiger partial charge in [-0.05, 0) is 29.8 Å². The van der Waals surface area contributed by atoms with Crippen molar-refractivity contribution in [3.63, 3.8) is 0 Å². The molecule has 1 aromatic heterocycles.